The fourth-order valence-electron chi connectivity index (χ4n) is 3.36. The zero-order valence-electron chi connectivity index (χ0n) is 16.9. The van der Waals surface area contributed by atoms with Gasteiger partial charge >= 0.3 is 5.69 Å². The number of ether oxygens (including phenoxy) is 1. The van der Waals surface area contributed by atoms with E-state index < -0.39 is 5.69 Å². The van der Waals surface area contributed by atoms with Gasteiger partial charge in [-0.2, -0.15) is 0 Å². The maximum atomic E-state index is 13.1. The normalized spacial score (nSPS) is 11.2. The molecule has 0 saturated carbocycles. The molecule has 0 bridgehead atoms. The summed E-state index contributed by atoms with van der Waals surface area (Å²) >= 11 is 1.38. The van der Waals surface area contributed by atoms with Gasteiger partial charge in [0.25, 0.3) is 5.56 Å². The minimum Gasteiger partial charge on any atom is -0.356 e. The van der Waals surface area contributed by atoms with Gasteiger partial charge in [-0.15, -0.1) is 0 Å². The molecule has 0 aliphatic rings. The van der Waals surface area contributed by atoms with Gasteiger partial charge in [0, 0.05) is 10.5 Å². The van der Waals surface area contributed by atoms with Gasteiger partial charge in [0.15, 0.2) is 0 Å². The zero-order chi connectivity index (χ0) is 21.8. The predicted octanol–water partition coefficient (Wildman–Crippen LogP) is 4.72. The van der Waals surface area contributed by atoms with Crippen LogP contribution in [0.5, 0.6) is 0 Å². The number of aromatic nitrogens is 2. The molecule has 4 aromatic rings. The Morgan fingerprint density at radius 1 is 1.00 bits per heavy atom. The molecule has 31 heavy (non-hydrogen) atoms. The molecule has 0 spiro atoms. The number of fused-ring (bicyclic) bond motifs is 1. The predicted molar refractivity (Wildman–Crippen MR) is 120 cm³/mol. The first-order chi connectivity index (χ1) is 15.1. The van der Waals surface area contributed by atoms with E-state index in [-0.39, 0.29) is 24.7 Å². The summed E-state index contributed by atoms with van der Waals surface area (Å²) in [6.45, 7) is 2.06. The number of hydrogen-bond acceptors (Lipinski definition) is 4. The fourth-order valence-corrected chi connectivity index (χ4v) is 4.62. The molecular formula is C24H21FN2O3S. The van der Waals surface area contributed by atoms with Gasteiger partial charge in [-0.25, -0.2) is 9.18 Å². The standard InChI is InChI=1S/C24H21FN2O3S/c1-2-19-22(28)26-24(29)27(15-30-14-16-10-12-18(25)13-11-16)23(19)31-21-9-5-7-17-6-3-4-8-20(17)21/h3-13H,2,14-15H2,1H3,(H,26,28,29). The van der Waals surface area contributed by atoms with Crippen LogP contribution in [0.1, 0.15) is 18.1 Å². The topological polar surface area (TPSA) is 64.1 Å². The van der Waals surface area contributed by atoms with Crippen molar-refractivity contribution < 1.29 is 9.13 Å². The number of nitrogens with one attached hydrogen (secondary N) is 1. The fraction of sp³-hybridized carbons (Fsp3) is 0.167. The van der Waals surface area contributed by atoms with Crippen LogP contribution in [-0.2, 0) is 24.5 Å². The van der Waals surface area contributed by atoms with Crippen LogP contribution >= 0.6 is 11.8 Å². The molecule has 0 amide bonds. The lowest BCUT2D eigenvalue weighted by molar-refractivity contribution is 0.0550. The summed E-state index contributed by atoms with van der Waals surface area (Å²) in [6.07, 6.45) is 0.473. The Bertz CT molecular complexity index is 1320. The van der Waals surface area contributed by atoms with Crippen LogP contribution in [0.2, 0.25) is 0 Å². The Morgan fingerprint density at radius 3 is 2.52 bits per heavy atom. The molecule has 0 unspecified atom stereocenters. The largest absolute Gasteiger partial charge is 0.356 e. The third kappa shape index (κ3) is 4.62. The summed E-state index contributed by atoms with van der Waals surface area (Å²) in [6, 6.07) is 19.9. The minimum absolute atomic E-state index is 0.0346. The number of rotatable bonds is 7. The van der Waals surface area contributed by atoms with Crippen molar-refractivity contribution in [1.82, 2.24) is 9.55 Å². The van der Waals surface area contributed by atoms with E-state index in [0.717, 1.165) is 21.2 Å². The van der Waals surface area contributed by atoms with E-state index in [1.165, 1.54) is 28.5 Å². The van der Waals surface area contributed by atoms with E-state index in [4.69, 9.17) is 4.74 Å². The van der Waals surface area contributed by atoms with Crippen LogP contribution in [0.25, 0.3) is 10.8 Å². The summed E-state index contributed by atoms with van der Waals surface area (Å²) in [5.41, 5.74) is 0.412. The lowest BCUT2D eigenvalue weighted by Crippen LogP contribution is -2.34. The highest BCUT2D eigenvalue weighted by atomic mass is 32.2. The second-order valence-corrected chi connectivity index (χ2v) is 8.04. The Balaban J connectivity index is 1.69. The van der Waals surface area contributed by atoms with Gasteiger partial charge in [0.05, 0.1) is 11.6 Å². The first-order valence-corrected chi connectivity index (χ1v) is 10.7. The first-order valence-electron chi connectivity index (χ1n) is 9.90. The quantitative estimate of drug-likeness (QED) is 0.426. The SMILES string of the molecule is CCc1c(Sc2cccc3ccccc23)n(COCc2ccc(F)cc2)c(=O)[nH]c1=O. The van der Waals surface area contributed by atoms with Crippen molar-refractivity contribution in [3.8, 4) is 0 Å². The molecule has 0 aliphatic carbocycles. The Hall–Kier alpha value is -3.16. The second-order valence-electron chi connectivity index (χ2n) is 7.01. The highest BCUT2D eigenvalue weighted by Crippen LogP contribution is 2.34. The maximum absolute atomic E-state index is 13.1. The summed E-state index contributed by atoms with van der Waals surface area (Å²) < 4.78 is 20.3. The van der Waals surface area contributed by atoms with Crippen LogP contribution in [0, 0.1) is 5.82 Å². The van der Waals surface area contributed by atoms with E-state index >= 15 is 0 Å². The number of aromatic amines is 1. The van der Waals surface area contributed by atoms with Crippen LogP contribution < -0.4 is 11.2 Å². The van der Waals surface area contributed by atoms with Crippen LogP contribution in [0.3, 0.4) is 0 Å². The summed E-state index contributed by atoms with van der Waals surface area (Å²) in [5, 5.41) is 2.69. The lowest BCUT2D eigenvalue weighted by Gasteiger charge is -2.16. The molecule has 7 heteroatoms. The van der Waals surface area contributed by atoms with Crippen molar-refractivity contribution in [3.05, 3.63) is 105 Å². The third-order valence-corrected chi connectivity index (χ3v) is 6.19. The average Bonchev–Trinajstić information content (AvgIpc) is 2.77. The van der Waals surface area contributed by atoms with Crippen molar-refractivity contribution in [2.24, 2.45) is 0 Å². The second kappa shape index (κ2) is 9.32. The average molecular weight is 437 g/mol. The molecule has 1 heterocycles. The Kier molecular flexibility index (Phi) is 6.34. The van der Waals surface area contributed by atoms with Gasteiger partial charge in [-0.05, 0) is 41.0 Å². The third-order valence-electron chi connectivity index (χ3n) is 4.96. The van der Waals surface area contributed by atoms with Crippen LogP contribution in [0.15, 0.2) is 86.2 Å². The molecule has 0 atom stereocenters. The number of H-pyrrole nitrogens is 1. The molecule has 1 N–H and O–H groups in total. The first kappa shape index (κ1) is 21.1. The molecule has 5 nitrogen and oxygen atoms in total. The minimum atomic E-state index is -0.524. The number of halogens is 1. The summed E-state index contributed by atoms with van der Waals surface area (Å²) in [4.78, 5) is 28.4. The maximum Gasteiger partial charge on any atom is 0.331 e. The van der Waals surface area contributed by atoms with Gasteiger partial charge in [0.2, 0.25) is 0 Å². The van der Waals surface area contributed by atoms with E-state index in [1.807, 2.05) is 49.4 Å². The number of nitrogens with zero attached hydrogens (tertiary/aromatic N) is 1. The number of hydrogen-bond donors (Lipinski definition) is 1. The monoisotopic (exact) mass is 436 g/mol. The Labute approximate surface area is 182 Å². The van der Waals surface area contributed by atoms with E-state index in [9.17, 15) is 14.0 Å². The van der Waals surface area contributed by atoms with Crippen molar-refractivity contribution in [2.45, 2.75) is 36.6 Å². The number of benzene rings is 3. The molecular weight excluding hydrogens is 415 g/mol. The molecule has 158 valence electrons. The molecule has 0 radical (unpaired) electrons. The molecule has 0 fully saturated rings. The molecule has 0 saturated heterocycles. The summed E-state index contributed by atoms with van der Waals surface area (Å²) in [5.74, 6) is -0.318. The highest BCUT2D eigenvalue weighted by Gasteiger charge is 2.16. The molecule has 1 aromatic heterocycles. The molecule has 4 rings (SSSR count). The van der Waals surface area contributed by atoms with Crippen molar-refractivity contribution in [2.75, 3.05) is 0 Å². The summed E-state index contributed by atoms with van der Waals surface area (Å²) in [7, 11) is 0. The molecule has 3 aromatic carbocycles. The lowest BCUT2D eigenvalue weighted by atomic mass is 10.1. The van der Waals surface area contributed by atoms with E-state index in [1.54, 1.807) is 12.1 Å². The van der Waals surface area contributed by atoms with Gasteiger partial charge in [-0.1, -0.05) is 67.2 Å². The smallest absolute Gasteiger partial charge is 0.331 e. The van der Waals surface area contributed by atoms with Crippen LogP contribution in [-0.4, -0.2) is 9.55 Å². The highest BCUT2D eigenvalue weighted by molar-refractivity contribution is 7.99. The van der Waals surface area contributed by atoms with E-state index in [2.05, 4.69) is 4.98 Å². The van der Waals surface area contributed by atoms with Gasteiger partial charge in [0.1, 0.15) is 12.5 Å². The molecule has 0 aliphatic heterocycles. The van der Waals surface area contributed by atoms with Crippen LogP contribution in [0.4, 0.5) is 4.39 Å². The zero-order valence-corrected chi connectivity index (χ0v) is 17.7. The van der Waals surface area contributed by atoms with Gasteiger partial charge < -0.3 is 4.74 Å². The van der Waals surface area contributed by atoms with Crippen molar-refractivity contribution in [3.63, 3.8) is 0 Å². The Morgan fingerprint density at radius 2 is 1.74 bits per heavy atom. The van der Waals surface area contributed by atoms with Crippen molar-refractivity contribution in [1.29, 1.82) is 0 Å². The van der Waals surface area contributed by atoms with Gasteiger partial charge in [-0.3, -0.25) is 14.3 Å². The van der Waals surface area contributed by atoms with Crippen molar-refractivity contribution >= 4 is 22.5 Å². The van der Waals surface area contributed by atoms with E-state index in [0.29, 0.717) is 17.0 Å².